The molecule has 0 aliphatic rings. The van der Waals surface area contributed by atoms with E-state index in [1.807, 2.05) is 60.7 Å². The van der Waals surface area contributed by atoms with Gasteiger partial charge in [-0.25, -0.2) is 0 Å². The molecule has 1 heterocycles. The average molecular weight is 317 g/mol. The standard InChI is InChI=1S/C21H19NO2/c1-22-14-8-13-18(21(22)24)20(23)15-19(16-9-4-2-5-10-16)17-11-6-3-7-12-17/h2-14,19H,15H2,1H3. The van der Waals surface area contributed by atoms with Crippen LogP contribution in [0.5, 0.6) is 0 Å². The maximum absolute atomic E-state index is 12.8. The number of aromatic nitrogens is 1. The van der Waals surface area contributed by atoms with E-state index in [1.54, 1.807) is 25.4 Å². The van der Waals surface area contributed by atoms with Crippen molar-refractivity contribution >= 4 is 5.78 Å². The maximum atomic E-state index is 12.8. The van der Waals surface area contributed by atoms with Crippen molar-refractivity contribution in [2.24, 2.45) is 7.05 Å². The van der Waals surface area contributed by atoms with Gasteiger partial charge in [-0.2, -0.15) is 0 Å². The molecule has 0 N–H and O–H groups in total. The molecule has 120 valence electrons. The molecular formula is C21H19NO2. The zero-order valence-corrected chi connectivity index (χ0v) is 13.6. The second-order valence-electron chi connectivity index (χ2n) is 5.84. The van der Waals surface area contributed by atoms with E-state index >= 15 is 0 Å². The van der Waals surface area contributed by atoms with E-state index in [0.717, 1.165) is 11.1 Å². The number of ketones is 1. The third kappa shape index (κ3) is 3.35. The molecule has 3 rings (SSSR count). The molecule has 3 heteroatoms. The number of hydrogen-bond donors (Lipinski definition) is 0. The number of nitrogens with zero attached hydrogens (tertiary/aromatic N) is 1. The summed E-state index contributed by atoms with van der Waals surface area (Å²) in [6.45, 7) is 0. The predicted octanol–water partition coefficient (Wildman–Crippen LogP) is 3.79. The van der Waals surface area contributed by atoms with Gasteiger partial charge in [-0.05, 0) is 23.3 Å². The number of Topliss-reactive ketones (excluding diaryl/α,β-unsaturated/α-hetero) is 1. The number of aryl methyl sites for hydroxylation is 1. The zero-order chi connectivity index (χ0) is 16.9. The van der Waals surface area contributed by atoms with Crippen molar-refractivity contribution in [3.63, 3.8) is 0 Å². The normalized spacial score (nSPS) is 10.8. The molecule has 0 saturated carbocycles. The molecule has 0 aliphatic carbocycles. The first-order chi connectivity index (χ1) is 11.7. The van der Waals surface area contributed by atoms with Gasteiger partial charge in [-0.15, -0.1) is 0 Å². The monoisotopic (exact) mass is 317 g/mol. The van der Waals surface area contributed by atoms with E-state index in [9.17, 15) is 9.59 Å². The summed E-state index contributed by atoms with van der Waals surface area (Å²) >= 11 is 0. The molecule has 0 saturated heterocycles. The molecule has 1 aromatic heterocycles. The van der Waals surface area contributed by atoms with Gasteiger partial charge < -0.3 is 4.57 Å². The molecular weight excluding hydrogens is 298 g/mol. The summed E-state index contributed by atoms with van der Waals surface area (Å²) in [7, 11) is 1.66. The van der Waals surface area contributed by atoms with Gasteiger partial charge in [0.2, 0.25) is 0 Å². The van der Waals surface area contributed by atoms with Crippen molar-refractivity contribution in [2.45, 2.75) is 12.3 Å². The van der Waals surface area contributed by atoms with Crippen LogP contribution in [0.1, 0.15) is 33.8 Å². The van der Waals surface area contributed by atoms with E-state index in [4.69, 9.17) is 0 Å². The highest BCUT2D eigenvalue weighted by Gasteiger charge is 2.20. The topological polar surface area (TPSA) is 39.1 Å². The minimum Gasteiger partial charge on any atom is -0.318 e. The second-order valence-corrected chi connectivity index (χ2v) is 5.84. The van der Waals surface area contributed by atoms with Crippen LogP contribution in [0.2, 0.25) is 0 Å². The molecule has 2 aromatic carbocycles. The third-order valence-electron chi connectivity index (χ3n) is 4.22. The van der Waals surface area contributed by atoms with Gasteiger partial charge in [0.15, 0.2) is 5.78 Å². The Morgan fingerprint density at radius 1 is 0.875 bits per heavy atom. The van der Waals surface area contributed by atoms with Crippen molar-refractivity contribution in [3.8, 4) is 0 Å². The molecule has 0 bridgehead atoms. The Kier molecular flexibility index (Phi) is 4.71. The lowest BCUT2D eigenvalue weighted by molar-refractivity contribution is 0.0975. The van der Waals surface area contributed by atoms with Gasteiger partial charge in [0.1, 0.15) is 0 Å². The van der Waals surface area contributed by atoms with Crippen LogP contribution >= 0.6 is 0 Å². The summed E-state index contributed by atoms with van der Waals surface area (Å²) in [6.07, 6.45) is 1.93. The number of hydrogen-bond acceptors (Lipinski definition) is 2. The molecule has 0 amide bonds. The van der Waals surface area contributed by atoms with Crippen LogP contribution in [-0.2, 0) is 7.05 Å². The van der Waals surface area contributed by atoms with Gasteiger partial charge in [-0.3, -0.25) is 9.59 Å². The first-order valence-electron chi connectivity index (χ1n) is 7.95. The SMILES string of the molecule is Cn1cccc(C(=O)CC(c2ccccc2)c2ccccc2)c1=O. The highest BCUT2D eigenvalue weighted by molar-refractivity contribution is 5.96. The van der Waals surface area contributed by atoms with Gasteiger partial charge in [0.05, 0.1) is 5.56 Å². The van der Waals surface area contributed by atoms with Gasteiger partial charge in [-0.1, -0.05) is 60.7 Å². The lowest BCUT2D eigenvalue weighted by Gasteiger charge is -2.17. The summed E-state index contributed by atoms with van der Waals surface area (Å²) < 4.78 is 1.44. The molecule has 3 nitrogen and oxygen atoms in total. The van der Waals surface area contributed by atoms with E-state index in [0.29, 0.717) is 0 Å². The Balaban J connectivity index is 1.97. The van der Waals surface area contributed by atoms with Crippen LogP contribution in [-0.4, -0.2) is 10.4 Å². The fraction of sp³-hybridized carbons (Fsp3) is 0.143. The average Bonchev–Trinajstić information content (AvgIpc) is 2.63. The highest BCUT2D eigenvalue weighted by atomic mass is 16.1. The van der Waals surface area contributed by atoms with Crippen molar-refractivity contribution in [3.05, 3.63) is 106 Å². The molecule has 0 fully saturated rings. The molecule has 24 heavy (non-hydrogen) atoms. The number of carbonyl (C=O) groups is 1. The summed E-state index contributed by atoms with van der Waals surface area (Å²) in [4.78, 5) is 25.0. The largest absolute Gasteiger partial charge is 0.318 e. The molecule has 0 spiro atoms. The first-order valence-corrected chi connectivity index (χ1v) is 7.95. The Labute approximate surface area is 141 Å². The number of pyridine rings is 1. The zero-order valence-electron chi connectivity index (χ0n) is 13.6. The third-order valence-corrected chi connectivity index (χ3v) is 4.22. The maximum Gasteiger partial charge on any atom is 0.261 e. The van der Waals surface area contributed by atoms with E-state index < -0.39 is 0 Å². The van der Waals surface area contributed by atoms with Crippen molar-refractivity contribution < 1.29 is 4.79 Å². The molecule has 0 unspecified atom stereocenters. The molecule has 0 aliphatic heterocycles. The second kappa shape index (κ2) is 7.09. The fourth-order valence-corrected chi connectivity index (χ4v) is 2.90. The minimum atomic E-state index is -0.248. The minimum absolute atomic E-state index is 0.0650. The number of carbonyl (C=O) groups excluding carboxylic acids is 1. The number of rotatable bonds is 5. The smallest absolute Gasteiger partial charge is 0.261 e. The summed E-state index contributed by atoms with van der Waals surface area (Å²) in [6, 6.07) is 23.2. The highest BCUT2D eigenvalue weighted by Crippen LogP contribution is 2.28. The van der Waals surface area contributed by atoms with Crippen LogP contribution in [0, 0.1) is 0 Å². The van der Waals surface area contributed by atoms with E-state index in [2.05, 4.69) is 0 Å². The van der Waals surface area contributed by atoms with Crippen molar-refractivity contribution in [2.75, 3.05) is 0 Å². The first kappa shape index (κ1) is 15.9. The van der Waals surface area contributed by atoms with Gasteiger partial charge >= 0.3 is 0 Å². The van der Waals surface area contributed by atoms with Crippen LogP contribution in [0.4, 0.5) is 0 Å². The Hall–Kier alpha value is -2.94. The van der Waals surface area contributed by atoms with Crippen LogP contribution in [0.25, 0.3) is 0 Å². The van der Waals surface area contributed by atoms with Crippen LogP contribution in [0.3, 0.4) is 0 Å². The Bertz CT molecular complexity index is 843. The van der Waals surface area contributed by atoms with E-state index in [-0.39, 0.29) is 29.2 Å². The van der Waals surface area contributed by atoms with Gasteiger partial charge in [0.25, 0.3) is 5.56 Å². The Morgan fingerprint density at radius 3 is 1.96 bits per heavy atom. The lowest BCUT2D eigenvalue weighted by Crippen LogP contribution is -2.24. The lowest BCUT2D eigenvalue weighted by atomic mass is 9.86. The summed E-state index contributed by atoms with van der Waals surface area (Å²) in [5, 5.41) is 0. The van der Waals surface area contributed by atoms with Gasteiger partial charge in [0, 0.05) is 25.6 Å². The molecule has 0 radical (unpaired) electrons. The van der Waals surface area contributed by atoms with Crippen molar-refractivity contribution in [1.82, 2.24) is 4.57 Å². The van der Waals surface area contributed by atoms with Crippen molar-refractivity contribution in [1.29, 1.82) is 0 Å². The predicted molar refractivity (Wildman–Crippen MR) is 95.4 cm³/mol. The van der Waals surface area contributed by atoms with Crippen LogP contribution in [0.15, 0.2) is 83.8 Å². The summed E-state index contributed by atoms with van der Waals surface area (Å²) in [5.74, 6) is -0.196. The van der Waals surface area contributed by atoms with Crippen LogP contribution < -0.4 is 5.56 Å². The van der Waals surface area contributed by atoms with E-state index in [1.165, 1.54) is 4.57 Å². The number of benzene rings is 2. The quantitative estimate of drug-likeness (QED) is 0.672. The molecule has 0 atom stereocenters. The fourth-order valence-electron chi connectivity index (χ4n) is 2.90. The summed E-state index contributed by atoms with van der Waals surface area (Å²) in [5.41, 5.74) is 2.15. The Morgan fingerprint density at radius 2 is 1.42 bits per heavy atom. The molecule has 3 aromatic rings.